The Morgan fingerprint density at radius 3 is 2.34 bits per heavy atom. The molecule has 1 aliphatic rings. The highest BCUT2D eigenvalue weighted by Crippen LogP contribution is 2.38. The number of amides is 2. The first-order chi connectivity index (χ1) is 22.3. The summed E-state index contributed by atoms with van der Waals surface area (Å²) in [5.41, 5.74) is 4.36. The molecule has 2 aromatic heterocycles. The predicted octanol–water partition coefficient (Wildman–Crippen LogP) is 6.62. The van der Waals surface area contributed by atoms with E-state index in [9.17, 15) is 18.0 Å². The Balaban J connectivity index is 1.26. The molecule has 0 unspecified atom stereocenters. The van der Waals surface area contributed by atoms with Crippen LogP contribution >= 0.6 is 11.3 Å². The summed E-state index contributed by atoms with van der Waals surface area (Å²) in [5, 5.41) is 12.3. The van der Waals surface area contributed by atoms with Gasteiger partial charge >= 0.3 is 12.0 Å². The number of aromatic nitrogens is 2. The smallest absolute Gasteiger partial charge is 0.342 e. The standard InChI is InChI=1S/C34H41N5O6S2/c1-22-11-13-25(14-12-22)39-29(20-28(37-39)34(2,3)4)36-33(41)35-27-10-8-7-9-24(27)19-23-15-17-38(18-16-23)47(42,43)32-30(44-5)26(21-46-32)31(40)45-6/h7-14,20-21,23H,15-19H2,1-6H3,(H2,35,36,41). The van der Waals surface area contributed by atoms with E-state index >= 15 is 0 Å². The normalized spacial score (nSPS) is 14.5. The number of hydrogen-bond acceptors (Lipinski definition) is 8. The monoisotopic (exact) mass is 679 g/mol. The van der Waals surface area contributed by atoms with Gasteiger partial charge in [0.1, 0.15) is 11.4 Å². The van der Waals surface area contributed by atoms with Crippen molar-refractivity contribution in [2.75, 3.05) is 37.9 Å². The number of rotatable bonds is 9. The van der Waals surface area contributed by atoms with E-state index in [0.717, 1.165) is 33.8 Å². The lowest BCUT2D eigenvalue weighted by atomic mass is 9.90. The van der Waals surface area contributed by atoms with E-state index < -0.39 is 16.0 Å². The number of esters is 1. The fourth-order valence-corrected chi connectivity index (χ4v) is 8.57. The largest absolute Gasteiger partial charge is 0.494 e. The zero-order valence-electron chi connectivity index (χ0n) is 27.5. The number of nitrogens with one attached hydrogen (secondary N) is 2. The summed E-state index contributed by atoms with van der Waals surface area (Å²) >= 11 is 0.952. The Labute approximate surface area is 279 Å². The maximum atomic E-state index is 13.5. The van der Waals surface area contributed by atoms with Crippen LogP contribution in [0.3, 0.4) is 0 Å². The first-order valence-corrected chi connectivity index (χ1v) is 17.7. The third kappa shape index (κ3) is 7.53. The van der Waals surface area contributed by atoms with Gasteiger partial charge in [0.25, 0.3) is 10.0 Å². The number of urea groups is 1. The molecule has 0 bridgehead atoms. The van der Waals surface area contributed by atoms with Crippen molar-refractivity contribution in [2.45, 2.75) is 56.6 Å². The molecule has 2 N–H and O–H groups in total. The van der Waals surface area contributed by atoms with Crippen LogP contribution in [-0.2, 0) is 26.6 Å². The van der Waals surface area contributed by atoms with Crippen LogP contribution in [0.4, 0.5) is 16.3 Å². The number of piperidine rings is 1. The molecule has 11 nitrogen and oxygen atoms in total. The zero-order chi connectivity index (χ0) is 33.9. The van der Waals surface area contributed by atoms with Gasteiger partial charge in [-0.15, -0.1) is 11.3 Å². The quantitative estimate of drug-likeness (QED) is 0.190. The number of ether oxygens (including phenoxy) is 2. The highest BCUT2D eigenvalue weighted by molar-refractivity contribution is 7.91. The molecule has 0 spiro atoms. The molecule has 0 aliphatic carbocycles. The third-order valence-corrected chi connectivity index (χ3v) is 11.6. The van der Waals surface area contributed by atoms with Crippen molar-refractivity contribution in [3.05, 3.63) is 82.4 Å². The molecule has 3 heterocycles. The number of hydrogen-bond donors (Lipinski definition) is 2. The first kappa shape index (κ1) is 34.1. The van der Waals surface area contributed by atoms with Crippen LogP contribution in [0.1, 0.15) is 60.8 Å². The third-order valence-electron chi connectivity index (χ3n) is 8.24. The Morgan fingerprint density at radius 2 is 1.70 bits per heavy atom. The van der Waals surface area contributed by atoms with Crippen molar-refractivity contribution in [1.29, 1.82) is 0 Å². The number of methoxy groups -OCH3 is 2. The predicted molar refractivity (Wildman–Crippen MR) is 183 cm³/mol. The lowest BCUT2D eigenvalue weighted by molar-refractivity contribution is 0.0597. The van der Waals surface area contributed by atoms with Crippen LogP contribution in [0.15, 0.2) is 64.2 Å². The van der Waals surface area contributed by atoms with Crippen LogP contribution in [0.2, 0.25) is 0 Å². The number of benzene rings is 2. The molecule has 0 radical (unpaired) electrons. The van der Waals surface area contributed by atoms with Crippen molar-refractivity contribution in [3.8, 4) is 11.4 Å². The molecular formula is C34H41N5O6S2. The Bertz CT molecular complexity index is 1850. The van der Waals surface area contributed by atoms with Crippen molar-refractivity contribution in [3.63, 3.8) is 0 Å². The second-order valence-electron chi connectivity index (χ2n) is 12.7. The van der Waals surface area contributed by atoms with Gasteiger partial charge in [-0.05, 0) is 55.9 Å². The molecule has 4 aromatic rings. The minimum absolute atomic E-state index is 0.00208. The van der Waals surface area contributed by atoms with Crippen LogP contribution in [0.25, 0.3) is 5.69 Å². The molecule has 2 amide bonds. The average molecular weight is 680 g/mol. The number of sulfonamides is 1. The molecule has 250 valence electrons. The summed E-state index contributed by atoms with van der Waals surface area (Å²) in [7, 11) is -1.28. The van der Waals surface area contributed by atoms with E-state index in [0.29, 0.717) is 43.9 Å². The van der Waals surface area contributed by atoms with Crippen LogP contribution in [0.5, 0.6) is 5.75 Å². The number of nitrogens with zero attached hydrogens (tertiary/aromatic N) is 3. The summed E-state index contributed by atoms with van der Waals surface area (Å²) < 4.78 is 40.3. The zero-order valence-corrected chi connectivity index (χ0v) is 29.1. The van der Waals surface area contributed by atoms with Crippen LogP contribution in [0, 0.1) is 12.8 Å². The van der Waals surface area contributed by atoms with E-state index in [1.165, 1.54) is 23.9 Å². The van der Waals surface area contributed by atoms with Crippen LogP contribution < -0.4 is 15.4 Å². The van der Waals surface area contributed by atoms with E-state index in [4.69, 9.17) is 14.6 Å². The van der Waals surface area contributed by atoms with E-state index in [1.807, 2.05) is 61.5 Å². The Hall–Kier alpha value is -4.20. The summed E-state index contributed by atoms with van der Waals surface area (Å²) in [4.78, 5) is 25.4. The van der Waals surface area contributed by atoms with Gasteiger partial charge in [-0.2, -0.15) is 9.40 Å². The average Bonchev–Trinajstić information content (AvgIpc) is 3.68. The molecular weight excluding hydrogens is 639 g/mol. The number of anilines is 2. The molecule has 0 atom stereocenters. The summed E-state index contributed by atoms with van der Waals surface area (Å²) in [5.74, 6) is 0.133. The molecule has 1 saturated heterocycles. The van der Waals surface area contributed by atoms with Crippen molar-refractivity contribution >= 4 is 44.9 Å². The van der Waals surface area contributed by atoms with Gasteiger partial charge in [-0.25, -0.2) is 22.7 Å². The number of thiophene rings is 1. The van der Waals surface area contributed by atoms with Gasteiger partial charge in [-0.3, -0.25) is 5.32 Å². The second kappa shape index (κ2) is 13.9. The molecule has 5 rings (SSSR count). The summed E-state index contributed by atoms with van der Waals surface area (Å²) in [6.45, 7) is 8.92. The van der Waals surface area contributed by atoms with E-state index in [-0.39, 0.29) is 32.9 Å². The molecule has 47 heavy (non-hydrogen) atoms. The molecule has 1 aliphatic heterocycles. The lowest BCUT2D eigenvalue weighted by Crippen LogP contribution is -2.38. The fourth-order valence-electron chi connectivity index (χ4n) is 5.54. The van der Waals surface area contributed by atoms with Crippen molar-refractivity contribution < 1.29 is 27.5 Å². The number of para-hydroxylation sites is 1. The maximum Gasteiger partial charge on any atom is 0.342 e. The summed E-state index contributed by atoms with van der Waals surface area (Å²) in [6, 6.07) is 17.1. The molecule has 1 fully saturated rings. The number of carbonyl (C=O) groups excluding carboxylic acids is 2. The van der Waals surface area contributed by atoms with Gasteiger partial charge in [0, 0.05) is 35.6 Å². The maximum absolute atomic E-state index is 13.5. The van der Waals surface area contributed by atoms with Crippen molar-refractivity contribution in [1.82, 2.24) is 14.1 Å². The van der Waals surface area contributed by atoms with E-state index in [2.05, 4.69) is 31.4 Å². The number of carbonyl (C=O) groups is 2. The Morgan fingerprint density at radius 1 is 1.02 bits per heavy atom. The second-order valence-corrected chi connectivity index (χ2v) is 15.7. The van der Waals surface area contributed by atoms with Gasteiger partial charge in [-0.1, -0.05) is 56.7 Å². The highest BCUT2D eigenvalue weighted by Gasteiger charge is 2.35. The Kier molecular flexibility index (Phi) is 10.1. The van der Waals surface area contributed by atoms with Gasteiger partial charge in [0.05, 0.1) is 25.6 Å². The summed E-state index contributed by atoms with van der Waals surface area (Å²) in [6.07, 6.45) is 1.96. The number of aryl methyl sites for hydroxylation is 1. The topological polar surface area (TPSA) is 132 Å². The molecule has 0 saturated carbocycles. The van der Waals surface area contributed by atoms with Crippen LogP contribution in [-0.4, -0.2) is 61.8 Å². The lowest BCUT2D eigenvalue weighted by Gasteiger charge is -2.31. The van der Waals surface area contributed by atoms with Crippen molar-refractivity contribution in [2.24, 2.45) is 5.92 Å². The highest BCUT2D eigenvalue weighted by atomic mass is 32.2. The SMILES string of the molecule is COC(=O)c1csc(S(=O)(=O)N2CCC(Cc3ccccc3NC(=O)Nc3cc(C(C)(C)C)nn3-c3ccc(C)cc3)CC2)c1OC. The molecule has 2 aromatic carbocycles. The minimum Gasteiger partial charge on any atom is -0.494 e. The van der Waals surface area contributed by atoms with Gasteiger partial charge in [0.15, 0.2) is 9.96 Å². The van der Waals surface area contributed by atoms with Gasteiger partial charge < -0.3 is 14.8 Å². The van der Waals surface area contributed by atoms with Gasteiger partial charge in [0.2, 0.25) is 0 Å². The van der Waals surface area contributed by atoms with E-state index in [1.54, 1.807) is 4.68 Å². The first-order valence-electron chi connectivity index (χ1n) is 15.4. The fraction of sp³-hybridized carbons (Fsp3) is 0.382. The molecule has 13 heteroatoms. The minimum atomic E-state index is -3.86.